The van der Waals surface area contributed by atoms with Crippen molar-refractivity contribution in [3.8, 4) is 0 Å². The van der Waals surface area contributed by atoms with Crippen LogP contribution >= 0.6 is 11.6 Å². The minimum absolute atomic E-state index is 0.0372. The van der Waals surface area contributed by atoms with Crippen LogP contribution in [0.2, 0.25) is 5.02 Å². The number of halogens is 1. The van der Waals surface area contributed by atoms with Gasteiger partial charge in [0.05, 0.1) is 24.7 Å². The van der Waals surface area contributed by atoms with E-state index in [9.17, 15) is 0 Å². The molecular weight excluding hydrogens is 378 g/mol. The van der Waals surface area contributed by atoms with Crippen LogP contribution in [0.5, 0.6) is 0 Å². The van der Waals surface area contributed by atoms with E-state index in [4.69, 9.17) is 21.1 Å². The van der Waals surface area contributed by atoms with Gasteiger partial charge in [0.15, 0.2) is 12.0 Å². The summed E-state index contributed by atoms with van der Waals surface area (Å²) in [5, 5.41) is 12.2. The van der Waals surface area contributed by atoms with Crippen LogP contribution in [-0.4, -0.2) is 40.7 Å². The second-order valence-corrected chi connectivity index (χ2v) is 7.76. The summed E-state index contributed by atoms with van der Waals surface area (Å²) in [5.74, 6) is 2.71. The van der Waals surface area contributed by atoms with Crippen LogP contribution in [0, 0.1) is 5.92 Å². The smallest absolute Gasteiger partial charge is 0.231 e. The number of hydrogen-bond acceptors (Lipinski definition) is 7. The van der Waals surface area contributed by atoms with Gasteiger partial charge in [0.1, 0.15) is 5.84 Å². The molecule has 28 heavy (non-hydrogen) atoms. The van der Waals surface area contributed by atoms with Gasteiger partial charge in [0, 0.05) is 17.2 Å². The Labute approximate surface area is 167 Å². The number of hydrazone groups is 1. The second kappa shape index (κ2) is 7.35. The van der Waals surface area contributed by atoms with E-state index in [1.165, 1.54) is 0 Å². The van der Waals surface area contributed by atoms with Crippen molar-refractivity contribution in [2.75, 3.05) is 0 Å². The van der Waals surface area contributed by atoms with Crippen molar-refractivity contribution in [2.24, 2.45) is 21.0 Å². The summed E-state index contributed by atoms with van der Waals surface area (Å²) in [7, 11) is 0. The number of rotatable bonds is 4. The topological polar surface area (TPSA) is 100 Å². The number of aromatic nitrogens is 2. The lowest BCUT2D eigenvalue weighted by molar-refractivity contribution is 0.375. The molecule has 0 radical (unpaired) electrons. The molecule has 1 fully saturated rings. The molecule has 1 saturated carbocycles. The quantitative estimate of drug-likeness (QED) is 0.825. The molecule has 1 aliphatic carbocycles. The van der Waals surface area contributed by atoms with Gasteiger partial charge in [-0.25, -0.2) is 4.99 Å². The number of aliphatic imine (C=N–C) groups is 2. The number of amidine groups is 1. The van der Waals surface area contributed by atoms with E-state index in [1.54, 1.807) is 6.34 Å². The molecule has 2 aromatic rings. The summed E-state index contributed by atoms with van der Waals surface area (Å²) in [6.45, 7) is 0. The van der Waals surface area contributed by atoms with Crippen LogP contribution in [-0.2, 0) is 6.42 Å². The van der Waals surface area contributed by atoms with Gasteiger partial charge in [0.2, 0.25) is 5.89 Å². The Bertz CT molecular complexity index is 936. The Morgan fingerprint density at radius 2 is 2.11 bits per heavy atom. The lowest BCUT2D eigenvalue weighted by Crippen LogP contribution is -2.44. The van der Waals surface area contributed by atoms with Crippen molar-refractivity contribution in [1.82, 2.24) is 20.9 Å². The Hall–Kier alpha value is -2.74. The SMILES string of the molecule is Clc1ccc(Cc2nc([C@H]3CC[C@H](N=C4NC=NC5NN=CC45)C3)no2)cc1. The van der Waals surface area contributed by atoms with Crippen LogP contribution in [0.1, 0.15) is 42.5 Å². The van der Waals surface area contributed by atoms with Gasteiger partial charge in [-0.1, -0.05) is 28.9 Å². The van der Waals surface area contributed by atoms with E-state index in [0.717, 1.165) is 41.5 Å². The Balaban J connectivity index is 1.23. The maximum absolute atomic E-state index is 5.93. The highest BCUT2D eigenvalue weighted by Crippen LogP contribution is 2.35. The zero-order valence-electron chi connectivity index (χ0n) is 15.1. The van der Waals surface area contributed by atoms with Crippen molar-refractivity contribution >= 4 is 30.0 Å². The molecule has 1 aromatic heterocycles. The number of benzene rings is 1. The molecule has 2 unspecified atom stereocenters. The third kappa shape index (κ3) is 3.52. The first-order valence-electron chi connectivity index (χ1n) is 9.46. The van der Waals surface area contributed by atoms with Gasteiger partial charge < -0.3 is 9.84 Å². The molecular formula is C19H20ClN7O. The van der Waals surface area contributed by atoms with E-state index in [2.05, 4.69) is 31.0 Å². The van der Waals surface area contributed by atoms with Crippen molar-refractivity contribution in [2.45, 2.75) is 43.8 Å². The number of hydrogen-bond donors (Lipinski definition) is 2. The third-order valence-corrected chi connectivity index (χ3v) is 5.64. The molecule has 0 spiro atoms. The molecule has 3 heterocycles. The molecule has 5 rings (SSSR count). The standard InChI is InChI=1S/C19H20ClN7O/c20-13-4-1-11(2-5-13)7-16-25-17(27-28-16)12-3-6-14(8-12)24-18-15-9-23-26-19(15)22-10-21-18/h1-2,4-5,9-10,12,14-15,19,26H,3,6-8H2,(H,21,22,24)/t12-,14-,15?,19?/m0/s1. The summed E-state index contributed by atoms with van der Waals surface area (Å²) in [4.78, 5) is 13.9. The normalized spacial score (nSPS) is 29.7. The maximum Gasteiger partial charge on any atom is 0.231 e. The van der Waals surface area contributed by atoms with Gasteiger partial charge in [0.25, 0.3) is 0 Å². The van der Waals surface area contributed by atoms with Crippen molar-refractivity contribution in [1.29, 1.82) is 0 Å². The second-order valence-electron chi connectivity index (χ2n) is 7.33. The number of nitrogens with one attached hydrogen (secondary N) is 2. The first-order valence-corrected chi connectivity index (χ1v) is 9.84. The highest BCUT2D eigenvalue weighted by atomic mass is 35.5. The molecule has 144 valence electrons. The van der Waals surface area contributed by atoms with Gasteiger partial charge >= 0.3 is 0 Å². The summed E-state index contributed by atoms with van der Waals surface area (Å²) in [5.41, 5.74) is 4.08. The fourth-order valence-electron chi connectivity index (χ4n) is 3.90. The summed E-state index contributed by atoms with van der Waals surface area (Å²) in [6.07, 6.45) is 7.07. The molecule has 2 aliphatic heterocycles. The zero-order chi connectivity index (χ0) is 18.9. The van der Waals surface area contributed by atoms with Gasteiger partial charge in [-0.2, -0.15) is 10.1 Å². The highest BCUT2D eigenvalue weighted by molar-refractivity contribution is 6.30. The molecule has 4 atom stereocenters. The predicted octanol–water partition coefficient (Wildman–Crippen LogP) is 2.51. The first kappa shape index (κ1) is 17.4. The number of fused-ring (bicyclic) bond motifs is 1. The molecule has 0 amide bonds. The summed E-state index contributed by atoms with van der Waals surface area (Å²) < 4.78 is 5.47. The van der Waals surface area contributed by atoms with Gasteiger partial charge in [-0.15, -0.1) is 0 Å². The zero-order valence-corrected chi connectivity index (χ0v) is 15.9. The summed E-state index contributed by atoms with van der Waals surface area (Å²) in [6, 6.07) is 7.93. The van der Waals surface area contributed by atoms with E-state index in [1.807, 2.05) is 30.5 Å². The summed E-state index contributed by atoms with van der Waals surface area (Å²) >= 11 is 5.93. The molecule has 3 aliphatic rings. The van der Waals surface area contributed by atoms with Gasteiger partial charge in [-0.3, -0.25) is 10.4 Å². The van der Waals surface area contributed by atoms with E-state index < -0.39 is 0 Å². The average molecular weight is 398 g/mol. The number of nitrogens with zero attached hydrogens (tertiary/aromatic N) is 5. The Morgan fingerprint density at radius 3 is 3.00 bits per heavy atom. The largest absolute Gasteiger partial charge is 0.339 e. The van der Waals surface area contributed by atoms with E-state index in [-0.39, 0.29) is 24.0 Å². The predicted molar refractivity (Wildman–Crippen MR) is 107 cm³/mol. The monoisotopic (exact) mass is 397 g/mol. The Kier molecular flexibility index (Phi) is 4.56. The van der Waals surface area contributed by atoms with Crippen LogP contribution in [0.25, 0.3) is 0 Å². The van der Waals surface area contributed by atoms with Crippen LogP contribution in [0.3, 0.4) is 0 Å². The minimum Gasteiger partial charge on any atom is -0.339 e. The van der Waals surface area contributed by atoms with Crippen molar-refractivity contribution < 1.29 is 4.52 Å². The molecule has 0 saturated heterocycles. The van der Waals surface area contributed by atoms with Crippen molar-refractivity contribution in [3.05, 3.63) is 46.6 Å². The van der Waals surface area contributed by atoms with Crippen molar-refractivity contribution in [3.63, 3.8) is 0 Å². The fraction of sp³-hybridized carbons (Fsp3) is 0.421. The Morgan fingerprint density at radius 1 is 1.21 bits per heavy atom. The molecule has 2 N–H and O–H groups in total. The molecule has 0 bridgehead atoms. The fourth-order valence-corrected chi connectivity index (χ4v) is 4.03. The maximum atomic E-state index is 5.93. The van der Waals surface area contributed by atoms with Crippen LogP contribution < -0.4 is 10.7 Å². The van der Waals surface area contributed by atoms with E-state index >= 15 is 0 Å². The minimum atomic E-state index is -0.0372. The lowest BCUT2D eigenvalue weighted by atomic mass is 10.1. The molecule has 1 aromatic carbocycles. The van der Waals surface area contributed by atoms with E-state index in [0.29, 0.717) is 12.3 Å². The lowest BCUT2D eigenvalue weighted by Gasteiger charge is -2.22. The van der Waals surface area contributed by atoms with Crippen LogP contribution in [0.15, 0.2) is 43.9 Å². The average Bonchev–Trinajstić information content (AvgIpc) is 3.44. The molecule has 8 nitrogen and oxygen atoms in total. The van der Waals surface area contributed by atoms with Crippen LogP contribution in [0.4, 0.5) is 0 Å². The van der Waals surface area contributed by atoms with Gasteiger partial charge in [-0.05, 0) is 37.0 Å². The first-order chi connectivity index (χ1) is 13.7. The highest BCUT2D eigenvalue weighted by Gasteiger charge is 2.34. The molecule has 9 heteroatoms. The third-order valence-electron chi connectivity index (χ3n) is 5.39.